The molecule has 0 radical (unpaired) electrons. The van der Waals surface area contributed by atoms with E-state index >= 15 is 0 Å². The molecule has 0 bridgehead atoms. The minimum Gasteiger partial charge on any atom is -0.493 e. The van der Waals surface area contributed by atoms with Crippen molar-refractivity contribution in [3.05, 3.63) is 64.7 Å². The summed E-state index contributed by atoms with van der Waals surface area (Å²) in [5.74, 6) is 2.56. The van der Waals surface area contributed by atoms with E-state index in [2.05, 4.69) is 20.3 Å². The van der Waals surface area contributed by atoms with E-state index in [1.54, 1.807) is 48.7 Å². The van der Waals surface area contributed by atoms with Gasteiger partial charge in [0.15, 0.2) is 17.3 Å². The van der Waals surface area contributed by atoms with Crippen molar-refractivity contribution in [1.82, 2.24) is 9.97 Å². The molecule has 192 valence electrons. The van der Waals surface area contributed by atoms with Crippen LogP contribution in [-0.4, -0.2) is 55.4 Å². The molecule has 2 saturated heterocycles. The summed E-state index contributed by atoms with van der Waals surface area (Å²) in [6, 6.07) is 13.7. The van der Waals surface area contributed by atoms with E-state index in [1.165, 1.54) is 20.0 Å². The smallest absolute Gasteiger partial charge is 0.343 e. The topological polar surface area (TPSA) is 92.2 Å². The molecule has 37 heavy (non-hydrogen) atoms. The highest BCUT2D eigenvalue weighted by atomic mass is 35.5. The summed E-state index contributed by atoms with van der Waals surface area (Å²) in [6.07, 6.45) is 6.34. The molecule has 2 aliphatic rings. The van der Waals surface area contributed by atoms with Crippen LogP contribution >= 0.6 is 11.6 Å². The molecule has 2 aromatic carbocycles. The quantitative estimate of drug-likeness (QED) is 0.192. The van der Waals surface area contributed by atoms with E-state index in [-0.39, 0.29) is 0 Å². The largest absolute Gasteiger partial charge is 0.493 e. The van der Waals surface area contributed by atoms with Crippen molar-refractivity contribution >= 4 is 41.4 Å². The number of aromatic nitrogens is 2. The molecule has 0 aliphatic carbocycles. The molecular weight excluding hydrogens is 492 g/mol. The minimum absolute atomic E-state index is 0.314. The molecule has 5 rings (SSSR count). The van der Waals surface area contributed by atoms with Crippen molar-refractivity contribution in [2.75, 3.05) is 48.5 Å². The lowest BCUT2D eigenvalue weighted by molar-refractivity contribution is 0.0729. The van der Waals surface area contributed by atoms with E-state index in [1.807, 2.05) is 6.07 Å². The molecule has 3 heterocycles. The monoisotopic (exact) mass is 520 g/mol. The molecule has 2 fully saturated rings. The molecule has 1 aromatic heterocycles. The summed E-state index contributed by atoms with van der Waals surface area (Å²) < 4.78 is 11.0. The molecule has 0 saturated carbocycles. The number of methoxy groups -OCH3 is 1. The summed E-state index contributed by atoms with van der Waals surface area (Å²) in [4.78, 5) is 26.5. The first-order chi connectivity index (χ1) is 18.1. The lowest BCUT2D eigenvalue weighted by Gasteiger charge is -2.21. The van der Waals surface area contributed by atoms with Gasteiger partial charge in [0, 0.05) is 37.3 Å². The van der Waals surface area contributed by atoms with Gasteiger partial charge in [0.1, 0.15) is 5.82 Å². The van der Waals surface area contributed by atoms with Gasteiger partial charge in [-0.25, -0.2) is 4.79 Å². The molecule has 10 heteroatoms. The zero-order valence-corrected chi connectivity index (χ0v) is 21.4. The lowest BCUT2D eigenvalue weighted by atomic mass is 10.2. The fraction of sp³-hybridized carbons (Fsp3) is 0.333. The zero-order valence-electron chi connectivity index (χ0n) is 20.7. The van der Waals surface area contributed by atoms with Crippen molar-refractivity contribution in [2.24, 2.45) is 5.10 Å². The van der Waals surface area contributed by atoms with Crippen LogP contribution in [0.3, 0.4) is 0 Å². The van der Waals surface area contributed by atoms with Gasteiger partial charge >= 0.3 is 5.97 Å². The van der Waals surface area contributed by atoms with Crippen LogP contribution in [0.5, 0.6) is 11.5 Å². The Bertz CT molecular complexity index is 1240. The summed E-state index contributed by atoms with van der Waals surface area (Å²) in [5.41, 5.74) is 4.22. The fourth-order valence-corrected chi connectivity index (χ4v) is 4.54. The summed E-state index contributed by atoms with van der Waals surface area (Å²) in [5, 5.41) is 4.94. The summed E-state index contributed by atoms with van der Waals surface area (Å²) in [7, 11) is 1.52. The molecule has 0 atom stereocenters. The molecule has 0 amide bonds. The molecule has 2 aliphatic heterocycles. The second-order valence-corrected chi connectivity index (χ2v) is 9.41. The number of esters is 1. The molecule has 0 spiro atoms. The van der Waals surface area contributed by atoms with Crippen LogP contribution < -0.4 is 24.7 Å². The predicted molar refractivity (Wildman–Crippen MR) is 146 cm³/mol. The van der Waals surface area contributed by atoms with Gasteiger partial charge in [-0.1, -0.05) is 11.6 Å². The van der Waals surface area contributed by atoms with Crippen LogP contribution in [0.15, 0.2) is 53.6 Å². The Kier molecular flexibility index (Phi) is 7.70. The van der Waals surface area contributed by atoms with Gasteiger partial charge in [0.05, 0.1) is 18.9 Å². The summed E-state index contributed by atoms with van der Waals surface area (Å²) in [6.45, 7) is 3.96. The Morgan fingerprint density at radius 2 is 1.65 bits per heavy atom. The first-order valence-corrected chi connectivity index (χ1v) is 12.8. The number of hydrogen-bond acceptors (Lipinski definition) is 9. The van der Waals surface area contributed by atoms with Crippen molar-refractivity contribution in [3.8, 4) is 11.5 Å². The van der Waals surface area contributed by atoms with Crippen LogP contribution in [0.4, 0.5) is 17.6 Å². The van der Waals surface area contributed by atoms with E-state index in [4.69, 9.17) is 31.0 Å². The molecule has 9 nitrogen and oxygen atoms in total. The maximum atomic E-state index is 12.5. The Morgan fingerprint density at radius 3 is 2.35 bits per heavy atom. The third kappa shape index (κ3) is 6.11. The Morgan fingerprint density at radius 1 is 0.946 bits per heavy atom. The average molecular weight is 521 g/mol. The highest BCUT2D eigenvalue weighted by Gasteiger charge is 2.20. The number of ether oxygens (including phenoxy) is 2. The second-order valence-electron chi connectivity index (χ2n) is 8.98. The van der Waals surface area contributed by atoms with Gasteiger partial charge < -0.3 is 19.3 Å². The Balaban J connectivity index is 1.29. The SMILES string of the molecule is COc1cc(/C=N/Nc2cc(N3CCCC3)nc(N3CCCC3)n2)ccc1OC(=O)c1ccc(Cl)cc1. The second kappa shape index (κ2) is 11.5. The number of halogens is 1. The number of benzene rings is 2. The number of nitrogens with zero attached hydrogens (tertiary/aromatic N) is 5. The van der Waals surface area contributed by atoms with E-state index in [0.717, 1.165) is 56.4 Å². The Hall–Kier alpha value is -3.85. The standard InChI is InChI=1S/C27H29ClN6O3/c1-36-23-16-19(6-11-22(23)37-26(35)20-7-9-21(28)10-8-20)18-29-32-24-17-25(33-12-2-3-13-33)31-27(30-24)34-14-4-5-15-34/h6-11,16-18H,2-5,12-15H2,1H3,(H,30,31,32)/b29-18+. The molecule has 3 aromatic rings. The van der Waals surface area contributed by atoms with Crippen LogP contribution in [0.1, 0.15) is 41.6 Å². The van der Waals surface area contributed by atoms with Crippen LogP contribution in [0.25, 0.3) is 0 Å². The number of hydrogen-bond donors (Lipinski definition) is 1. The van der Waals surface area contributed by atoms with Crippen LogP contribution in [0.2, 0.25) is 5.02 Å². The van der Waals surface area contributed by atoms with Gasteiger partial charge in [0.25, 0.3) is 0 Å². The molecule has 0 unspecified atom stereocenters. The van der Waals surface area contributed by atoms with E-state index < -0.39 is 5.97 Å². The number of carbonyl (C=O) groups excluding carboxylic acids is 1. The fourth-order valence-electron chi connectivity index (χ4n) is 4.41. The van der Waals surface area contributed by atoms with Crippen LogP contribution in [0, 0.1) is 0 Å². The molecule has 1 N–H and O–H groups in total. The molecular formula is C27H29ClN6O3. The maximum absolute atomic E-state index is 12.5. The van der Waals surface area contributed by atoms with Crippen molar-refractivity contribution in [1.29, 1.82) is 0 Å². The van der Waals surface area contributed by atoms with Crippen molar-refractivity contribution in [2.45, 2.75) is 25.7 Å². The lowest BCUT2D eigenvalue weighted by Crippen LogP contribution is -2.24. The number of rotatable bonds is 8. The first-order valence-electron chi connectivity index (χ1n) is 12.4. The summed E-state index contributed by atoms with van der Waals surface area (Å²) >= 11 is 5.90. The van der Waals surface area contributed by atoms with Gasteiger partial charge in [-0.2, -0.15) is 15.1 Å². The number of carbonyl (C=O) groups is 1. The maximum Gasteiger partial charge on any atom is 0.343 e. The van der Waals surface area contributed by atoms with Crippen LogP contribution in [-0.2, 0) is 0 Å². The average Bonchev–Trinajstić information content (AvgIpc) is 3.65. The first kappa shape index (κ1) is 24.8. The number of nitrogens with one attached hydrogen (secondary N) is 1. The van der Waals surface area contributed by atoms with Gasteiger partial charge in [-0.3, -0.25) is 5.43 Å². The Labute approximate surface area is 221 Å². The normalized spacial score (nSPS) is 15.4. The highest BCUT2D eigenvalue weighted by Crippen LogP contribution is 2.29. The highest BCUT2D eigenvalue weighted by molar-refractivity contribution is 6.30. The number of hydrazone groups is 1. The van der Waals surface area contributed by atoms with E-state index in [9.17, 15) is 4.79 Å². The number of anilines is 3. The van der Waals surface area contributed by atoms with Gasteiger partial charge in [-0.15, -0.1) is 0 Å². The predicted octanol–water partition coefficient (Wildman–Crippen LogP) is 5.00. The van der Waals surface area contributed by atoms with Gasteiger partial charge in [-0.05, 0) is 73.7 Å². The van der Waals surface area contributed by atoms with Crippen molar-refractivity contribution < 1.29 is 14.3 Å². The third-order valence-corrected chi connectivity index (χ3v) is 6.63. The third-order valence-electron chi connectivity index (χ3n) is 6.38. The van der Waals surface area contributed by atoms with Gasteiger partial charge in [0.2, 0.25) is 5.95 Å². The minimum atomic E-state index is -0.496. The van der Waals surface area contributed by atoms with Crippen molar-refractivity contribution in [3.63, 3.8) is 0 Å². The van der Waals surface area contributed by atoms with E-state index in [0.29, 0.717) is 27.9 Å². The zero-order chi connectivity index (χ0) is 25.6.